The van der Waals surface area contributed by atoms with E-state index >= 15 is 0 Å². The molecule has 146 valence electrons. The van der Waals surface area contributed by atoms with Crippen LogP contribution in [0.1, 0.15) is 18.9 Å². The van der Waals surface area contributed by atoms with Gasteiger partial charge in [0.1, 0.15) is 11.6 Å². The number of nitrogens with zero attached hydrogens (tertiary/aromatic N) is 3. The summed E-state index contributed by atoms with van der Waals surface area (Å²) in [6.45, 7) is 4.07. The molecule has 0 radical (unpaired) electrons. The van der Waals surface area contributed by atoms with E-state index in [0.717, 1.165) is 54.6 Å². The van der Waals surface area contributed by atoms with Gasteiger partial charge in [-0.05, 0) is 45.1 Å². The molecule has 0 saturated heterocycles. The molecule has 0 atom stereocenters. The topological polar surface area (TPSA) is 53.1 Å². The lowest BCUT2D eigenvalue weighted by molar-refractivity contribution is 0.405. The Morgan fingerprint density at radius 1 is 0.893 bits per heavy atom. The van der Waals surface area contributed by atoms with Crippen molar-refractivity contribution in [2.24, 2.45) is 0 Å². The first kappa shape index (κ1) is 19.8. The number of aryl methyl sites for hydroxylation is 1. The zero-order valence-electron chi connectivity index (χ0n) is 16.9. The van der Waals surface area contributed by atoms with E-state index in [-0.39, 0.29) is 0 Å². The number of benzene rings is 2. The van der Waals surface area contributed by atoms with Gasteiger partial charge in [0.15, 0.2) is 5.82 Å². The maximum atomic E-state index is 4.76. The second-order valence-electron chi connectivity index (χ2n) is 7.05. The molecule has 3 rings (SSSR count). The second-order valence-corrected chi connectivity index (χ2v) is 7.05. The smallest absolute Gasteiger partial charge is 0.163 e. The lowest BCUT2D eigenvalue weighted by Gasteiger charge is -2.14. The summed E-state index contributed by atoms with van der Waals surface area (Å²) in [5.41, 5.74) is 3.36. The van der Waals surface area contributed by atoms with Gasteiger partial charge in [-0.2, -0.15) is 0 Å². The summed E-state index contributed by atoms with van der Waals surface area (Å²) in [5, 5.41) is 6.93. The Labute approximate surface area is 167 Å². The SMILES string of the molecule is CCc1ccccc1Nc1cc(NCCCN(C)C)nc(-c2ccccc2)n1. The van der Waals surface area contributed by atoms with Crippen LogP contribution in [0.2, 0.25) is 0 Å². The van der Waals surface area contributed by atoms with E-state index in [1.165, 1.54) is 5.56 Å². The number of rotatable bonds is 9. The summed E-state index contributed by atoms with van der Waals surface area (Å²) in [4.78, 5) is 11.7. The van der Waals surface area contributed by atoms with Gasteiger partial charge >= 0.3 is 0 Å². The minimum absolute atomic E-state index is 0.717. The van der Waals surface area contributed by atoms with E-state index in [1.807, 2.05) is 42.5 Å². The van der Waals surface area contributed by atoms with Crippen LogP contribution in [0.15, 0.2) is 60.7 Å². The van der Waals surface area contributed by atoms with Crippen molar-refractivity contribution in [3.63, 3.8) is 0 Å². The molecule has 5 heteroatoms. The minimum Gasteiger partial charge on any atom is -0.370 e. The number of hydrogen-bond acceptors (Lipinski definition) is 5. The Morgan fingerprint density at radius 3 is 2.36 bits per heavy atom. The zero-order valence-corrected chi connectivity index (χ0v) is 16.9. The average Bonchev–Trinajstić information content (AvgIpc) is 2.72. The third kappa shape index (κ3) is 5.54. The summed E-state index contributed by atoms with van der Waals surface area (Å²) in [7, 11) is 4.18. The summed E-state index contributed by atoms with van der Waals surface area (Å²) < 4.78 is 0. The van der Waals surface area contributed by atoms with Crippen molar-refractivity contribution in [1.82, 2.24) is 14.9 Å². The predicted octanol–water partition coefficient (Wildman–Crippen LogP) is 4.81. The minimum atomic E-state index is 0.717. The standard InChI is InChI=1S/C23H29N5/c1-4-18-11-8-9-14-20(18)25-22-17-21(24-15-10-16-28(2)3)26-23(27-22)19-12-6-5-7-13-19/h5-9,11-14,17H,4,10,15-16H2,1-3H3,(H2,24,25,26,27). The van der Waals surface area contributed by atoms with Crippen molar-refractivity contribution in [1.29, 1.82) is 0 Å². The normalized spacial score (nSPS) is 10.9. The van der Waals surface area contributed by atoms with Gasteiger partial charge in [-0.25, -0.2) is 9.97 Å². The van der Waals surface area contributed by atoms with E-state index in [2.05, 4.69) is 54.8 Å². The number of nitrogens with one attached hydrogen (secondary N) is 2. The quantitative estimate of drug-likeness (QED) is 0.526. The molecule has 0 unspecified atom stereocenters. The highest BCUT2D eigenvalue weighted by Crippen LogP contribution is 2.24. The predicted molar refractivity (Wildman–Crippen MR) is 118 cm³/mol. The summed E-state index contributed by atoms with van der Waals surface area (Å²) in [6.07, 6.45) is 2.02. The molecule has 0 bridgehead atoms. The maximum absolute atomic E-state index is 4.76. The molecule has 0 aliphatic rings. The third-order valence-electron chi connectivity index (χ3n) is 4.51. The van der Waals surface area contributed by atoms with Crippen LogP contribution in [-0.2, 0) is 6.42 Å². The van der Waals surface area contributed by atoms with Crippen molar-refractivity contribution in [2.45, 2.75) is 19.8 Å². The average molecular weight is 376 g/mol. The van der Waals surface area contributed by atoms with Crippen molar-refractivity contribution in [3.05, 3.63) is 66.2 Å². The third-order valence-corrected chi connectivity index (χ3v) is 4.51. The lowest BCUT2D eigenvalue weighted by atomic mass is 10.1. The van der Waals surface area contributed by atoms with Crippen molar-refractivity contribution >= 4 is 17.3 Å². The Kier molecular flexibility index (Phi) is 6.98. The zero-order chi connectivity index (χ0) is 19.8. The molecule has 0 aliphatic heterocycles. The Bertz CT molecular complexity index is 877. The van der Waals surface area contributed by atoms with Gasteiger partial charge in [0.2, 0.25) is 0 Å². The maximum Gasteiger partial charge on any atom is 0.163 e. The molecule has 28 heavy (non-hydrogen) atoms. The Balaban J connectivity index is 1.86. The van der Waals surface area contributed by atoms with Crippen LogP contribution in [0.3, 0.4) is 0 Å². The van der Waals surface area contributed by atoms with Gasteiger partial charge in [0, 0.05) is 23.9 Å². The molecule has 0 saturated carbocycles. The van der Waals surface area contributed by atoms with E-state index < -0.39 is 0 Å². The largest absolute Gasteiger partial charge is 0.370 e. The van der Waals surface area contributed by atoms with Gasteiger partial charge in [-0.3, -0.25) is 0 Å². The fraction of sp³-hybridized carbons (Fsp3) is 0.304. The molecule has 3 aromatic rings. The molecular weight excluding hydrogens is 346 g/mol. The highest BCUT2D eigenvalue weighted by Gasteiger charge is 2.09. The molecule has 0 aliphatic carbocycles. The van der Waals surface area contributed by atoms with Crippen molar-refractivity contribution in [2.75, 3.05) is 37.8 Å². The molecule has 0 amide bonds. The van der Waals surface area contributed by atoms with Crippen LogP contribution < -0.4 is 10.6 Å². The van der Waals surface area contributed by atoms with Crippen molar-refractivity contribution in [3.8, 4) is 11.4 Å². The molecular formula is C23H29N5. The van der Waals surface area contributed by atoms with Crippen LogP contribution in [0, 0.1) is 0 Å². The van der Waals surface area contributed by atoms with Gasteiger partial charge in [0.05, 0.1) is 0 Å². The Morgan fingerprint density at radius 2 is 1.61 bits per heavy atom. The van der Waals surface area contributed by atoms with Crippen LogP contribution in [0.25, 0.3) is 11.4 Å². The highest BCUT2D eigenvalue weighted by molar-refractivity contribution is 5.66. The van der Waals surface area contributed by atoms with Crippen LogP contribution in [-0.4, -0.2) is 42.1 Å². The van der Waals surface area contributed by atoms with E-state index in [0.29, 0.717) is 0 Å². The molecule has 1 aromatic heterocycles. The molecule has 2 N–H and O–H groups in total. The highest BCUT2D eigenvalue weighted by atomic mass is 15.1. The first-order valence-corrected chi connectivity index (χ1v) is 9.83. The van der Waals surface area contributed by atoms with Crippen LogP contribution >= 0.6 is 0 Å². The van der Waals surface area contributed by atoms with Gasteiger partial charge in [-0.15, -0.1) is 0 Å². The first-order chi connectivity index (χ1) is 13.7. The van der Waals surface area contributed by atoms with Gasteiger partial charge in [-0.1, -0.05) is 55.5 Å². The fourth-order valence-electron chi connectivity index (χ4n) is 3.02. The Hall–Kier alpha value is -2.92. The van der Waals surface area contributed by atoms with Crippen LogP contribution in [0.4, 0.5) is 17.3 Å². The lowest BCUT2D eigenvalue weighted by Crippen LogP contribution is -2.16. The van der Waals surface area contributed by atoms with E-state index in [9.17, 15) is 0 Å². The second kappa shape index (κ2) is 9.85. The summed E-state index contributed by atoms with van der Waals surface area (Å²) in [6, 6.07) is 20.4. The number of para-hydroxylation sites is 1. The van der Waals surface area contributed by atoms with Crippen molar-refractivity contribution < 1.29 is 0 Å². The van der Waals surface area contributed by atoms with Crippen LogP contribution in [0.5, 0.6) is 0 Å². The molecule has 1 heterocycles. The fourth-order valence-corrected chi connectivity index (χ4v) is 3.02. The summed E-state index contributed by atoms with van der Waals surface area (Å²) >= 11 is 0. The first-order valence-electron chi connectivity index (χ1n) is 9.83. The van der Waals surface area contributed by atoms with E-state index in [4.69, 9.17) is 9.97 Å². The molecule has 5 nitrogen and oxygen atoms in total. The van der Waals surface area contributed by atoms with E-state index in [1.54, 1.807) is 0 Å². The monoisotopic (exact) mass is 375 g/mol. The summed E-state index contributed by atoms with van der Waals surface area (Å²) in [5.74, 6) is 2.35. The number of aromatic nitrogens is 2. The molecule has 2 aromatic carbocycles. The number of anilines is 3. The van der Waals surface area contributed by atoms with Gasteiger partial charge < -0.3 is 15.5 Å². The van der Waals surface area contributed by atoms with Gasteiger partial charge in [0.25, 0.3) is 0 Å². The molecule has 0 fully saturated rings. The molecule has 0 spiro atoms. The number of hydrogen-bond donors (Lipinski definition) is 2.